The van der Waals surface area contributed by atoms with E-state index in [1.165, 1.54) is 38.5 Å². The summed E-state index contributed by atoms with van der Waals surface area (Å²) in [6.07, 6.45) is -0.191. The zero-order valence-electron chi connectivity index (χ0n) is 31.8. The molecule has 0 radical (unpaired) electrons. The van der Waals surface area contributed by atoms with Gasteiger partial charge < -0.3 is 71.5 Å². The summed E-state index contributed by atoms with van der Waals surface area (Å²) in [7, 11) is 0. The quantitative estimate of drug-likeness (QED) is 0.0319. The minimum atomic E-state index is -1.98. The third-order valence-corrected chi connectivity index (χ3v) is 9.34. The Kier molecular flexibility index (Phi) is 30.8. The normalized spacial score (nSPS) is 16.7. The molecule has 0 aliphatic heterocycles. The number of rotatable bonds is 35. The van der Waals surface area contributed by atoms with E-state index in [1.54, 1.807) is 0 Å². The van der Waals surface area contributed by atoms with Crippen LogP contribution in [0.25, 0.3) is 0 Å². The summed E-state index contributed by atoms with van der Waals surface area (Å²) >= 11 is 0. The minimum Gasteiger partial charge on any atom is -0.394 e. The van der Waals surface area contributed by atoms with Gasteiger partial charge in [0.25, 0.3) is 11.8 Å². The van der Waals surface area contributed by atoms with Gasteiger partial charge in [-0.05, 0) is 51.9 Å². The lowest BCUT2D eigenvalue weighted by molar-refractivity contribution is -0.149. The van der Waals surface area contributed by atoms with Crippen molar-refractivity contribution in [3.8, 4) is 0 Å². The van der Waals surface area contributed by atoms with Gasteiger partial charge in [-0.2, -0.15) is 0 Å². The molecule has 12 N–H and O–H groups in total. The highest BCUT2D eigenvalue weighted by Gasteiger charge is 2.35. The lowest BCUT2D eigenvalue weighted by Crippen LogP contribution is -2.51. The molecule has 0 aromatic rings. The summed E-state index contributed by atoms with van der Waals surface area (Å²) in [5, 5.41) is 102. The number of nitrogens with one attached hydrogen (secondary N) is 2. The second-order valence-corrected chi connectivity index (χ2v) is 13.9. The molecule has 16 nitrogen and oxygen atoms in total. The fourth-order valence-corrected chi connectivity index (χ4v) is 5.78. The van der Waals surface area contributed by atoms with Gasteiger partial charge in [-0.1, -0.05) is 78.1 Å². The van der Waals surface area contributed by atoms with Crippen LogP contribution in [0.5, 0.6) is 0 Å². The number of aliphatic hydroxyl groups is 10. The maximum Gasteiger partial charge on any atom is 0.251 e. The molecule has 0 rings (SSSR count). The molecule has 0 aromatic carbocycles. The first-order chi connectivity index (χ1) is 24.9. The molecule has 0 aliphatic carbocycles. The second-order valence-electron chi connectivity index (χ2n) is 13.9. The Labute approximate surface area is 310 Å². The Morgan fingerprint density at radius 2 is 0.750 bits per heavy atom. The smallest absolute Gasteiger partial charge is 0.251 e. The van der Waals surface area contributed by atoms with Crippen LogP contribution in [0.2, 0.25) is 0 Å². The maximum absolute atomic E-state index is 12.4. The van der Waals surface area contributed by atoms with Gasteiger partial charge in [0.1, 0.15) is 36.6 Å². The van der Waals surface area contributed by atoms with Gasteiger partial charge in [-0.3, -0.25) is 9.59 Å². The van der Waals surface area contributed by atoms with Crippen molar-refractivity contribution in [2.45, 2.75) is 153 Å². The van der Waals surface area contributed by atoms with Crippen molar-refractivity contribution in [2.24, 2.45) is 0 Å². The highest BCUT2D eigenvalue weighted by molar-refractivity contribution is 5.81. The van der Waals surface area contributed by atoms with Gasteiger partial charge in [0.15, 0.2) is 12.2 Å². The van der Waals surface area contributed by atoms with E-state index < -0.39 is 73.9 Å². The first-order valence-corrected chi connectivity index (χ1v) is 19.5. The Balaban J connectivity index is 5.22. The second kappa shape index (κ2) is 31.8. The van der Waals surface area contributed by atoms with Crippen LogP contribution in [0, 0.1) is 0 Å². The maximum atomic E-state index is 12.4. The number of unbranched alkanes of at least 4 members (excludes halogenated alkanes) is 10. The molecule has 0 bridgehead atoms. The summed E-state index contributed by atoms with van der Waals surface area (Å²) in [4.78, 5) is 29.4. The van der Waals surface area contributed by atoms with E-state index in [1.807, 2.05) is 0 Å². The highest BCUT2D eigenvalue weighted by atomic mass is 16.4. The Bertz CT molecular complexity index is 811. The molecule has 0 spiro atoms. The van der Waals surface area contributed by atoms with Gasteiger partial charge in [0.05, 0.1) is 13.2 Å². The van der Waals surface area contributed by atoms with E-state index >= 15 is 0 Å². The average molecular weight is 755 g/mol. The fraction of sp³-hybridized carbons (Fsp3) is 0.944. The van der Waals surface area contributed by atoms with Crippen LogP contribution < -0.4 is 10.6 Å². The number of hydrogen-bond donors (Lipinski definition) is 12. The molecule has 0 aliphatic rings. The Hall–Kier alpha value is -1.54. The van der Waals surface area contributed by atoms with Crippen molar-refractivity contribution >= 4 is 11.8 Å². The highest BCUT2D eigenvalue weighted by Crippen LogP contribution is 2.10. The van der Waals surface area contributed by atoms with Gasteiger partial charge in [-0.15, -0.1) is 0 Å². The summed E-state index contributed by atoms with van der Waals surface area (Å²) in [5.41, 5.74) is 0. The minimum absolute atomic E-state index is 0.214. The number of carbonyl (C=O) groups is 2. The Morgan fingerprint density at radius 1 is 0.442 bits per heavy atom. The van der Waals surface area contributed by atoms with E-state index in [-0.39, 0.29) is 13.1 Å². The zero-order valence-corrected chi connectivity index (χ0v) is 31.8. The van der Waals surface area contributed by atoms with Crippen LogP contribution in [0.4, 0.5) is 0 Å². The van der Waals surface area contributed by atoms with Crippen molar-refractivity contribution in [1.29, 1.82) is 0 Å². The molecule has 2 amide bonds. The van der Waals surface area contributed by atoms with Crippen LogP contribution in [0.1, 0.15) is 104 Å². The van der Waals surface area contributed by atoms with Gasteiger partial charge in [-0.25, -0.2) is 0 Å². The number of nitrogens with zero attached hydrogens (tertiary/aromatic N) is 2. The topological polar surface area (TPSA) is 267 Å². The van der Waals surface area contributed by atoms with Crippen LogP contribution >= 0.6 is 0 Å². The fourth-order valence-electron chi connectivity index (χ4n) is 5.78. The number of hydrogen-bond acceptors (Lipinski definition) is 14. The molecule has 310 valence electrons. The molecule has 0 heterocycles. The zero-order chi connectivity index (χ0) is 39.3. The molecule has 0 saturated carbocycles. The third kappa shape index (κ3) is 22.6. The summed E-state index contributed by atoms with van der Waals surface area (Å²) in [6.45, 7) is 7.68. The standard InChI is InChI=1S/C36H74N4O12/c1-3-5-7-9-11-13-19-39(21-15-17-37-35(51)33(49)31(47)29(45)27(43)25-41)23-24-40(20-14-12-10-8-6-4-2)22-16-18-38-36(52)34(50)32(48)30(46)28(44)26-42/h27-34,41-50H,3-26H2,1-2H3,(H,37,51)(H,38,52)/t27-,28-,29-,30-,31+,32+,33-,34-/m1/s1. The average Bonchev–Trinajstić information content (AvgIpc) is 3.15. The van der Waals surface area contributed by atoms with Crippen molar-refractivity contribution in [2.75, 3.05) is 65.6 Å². The Morgan fingerprint density at radius 3 is 1.08 bits per heavy atom. The SMILES string of the molecule is CCCCCCCCN(CCCNC(=O)[C@H](O)[C@@H](O)[C@H](O)[C@H](O)CO)CCN(CCCCCCCC)CCCNC(=O)[C@H](O)[C@@H](O)[C@H](O)[C@H](O)CO. The molecule has 0 saturated heterocycles. The van der Waals surface area contributed by atoms with Crippen LogP contribution in [-0.2, 0) is 9.59 Å². The summed E-state index contributed by atoms with van der Waals surface area (Å²) < 4.78 is 0. The first-order valence-electron chi connectivity index (χ1n) is 19.5. The molecule has 0 aromatic heterocycles. The van der Waals surface area contributed by atoms with E-state index in [9.17, 15) is 50.4 Å². The molecular weight excluding hydrogens is 680 g/mol. The van der Waals surface area contributed by atoms with Crippen LogP contribution in [0.15, 0.2) is 0 Å². The van der Waals surface area contributed by atoms with Crippen LogP contribution in [0.3, 0.4) is 0 Å². The number of amides is 2. The van der Waals surface area contributed by atoms with Crippen molar-refractivity contribution in [3.05, 3.63) is 0 Å². The number of aliphatic hydroxyl groups excluding tert-OH is 10. The first kappa shape index (κ1) is 50.5. The predicted molar refractivity (Wildman–Crippen MR) is 197 cm³/mol. The molecule has 16 heteroatoms. The molecule has 8 atom stereocenters. The lowest BCUT2D eigenvalue weighted by Gasteiger charge is -2.28. The lowest BCUT2D eigenvalue weighted by atomic mass is 10.0. The van der Waals surface area contributed by atoms with E-state index in [2.05, 4.69) is 34.3 Å². The van der Waals surface area contributed by atoms with E-state index in [0.717, 1.165) is 64.7 Å². The molecular formula is C36H74N4O12. The van der Waals surface area contributed by atoms with E-state index in [0.29, 0.717) is 25.9 Å². The van der Waals surface area contributed by atoms with Gasteiger partial charge in [0, 0.05) is 26.2 Å². The van der Waals surface area contributed by atoms with Crippen LogP contribution in [-0.4, -0.2) is 187 Å². The third-order valence-electron chi connectivity index (χ3n) is 9.34. The summed E-state index contributed by atoms with van der Waals surface area (Å²) in [5.74, 6) is -1.78. The summed E-state index contributed by atoms with van der Waals surface area (Å²) in [6, 6.07) is 0. The predicted octanol–water partition coefficient (Wildman–Crippen LogP) is -1.80. The van der Waals surface area contributed by atoms with Gasteiger partial charge in [0.2, 0.25) is 0 Å². The van der Waals surface area contributed by atoms with E-state index in [4.69, 9.17) is 10.2 Å². The molecule has 52 heavy (non-hydrogen) atoms. The number of carbonyl (C=O) groups excluding carboxylic acids is 2. The van der Waals surface area contributed by atoms with Crippen molar-refractivity contribution in [3.63, 3.8) is 0 Å². The van der Waals surface area contributed by atoms with Crippen molar-refractivity contribution in [1.82, 2.24) is 20.4 Å². The monoisotopic (exact) mass is 755 g/mol. The van der Waals surface area contributed by atoms with Gasteiger partial charge >= 0.3 is 0 Å². The largest absolute Gasteiger partial charge is 0.394 e. The molecule has 0 unspecified atom stereocenters. The van der Waals surface area contributed by atoms with Crippen molar-refractivity contribution < 1.29 is 60.7 Å². The molecule has 0 fully saturated rings.